The number of nitrogens with zero attached hydrogens (tertiary/aromatic N) is 2. The molecule has 0 bridgehead atoms. The van der Waals surface area contributed by atoms with E-state index in [4.69, 9.17) is 4.74 Å². The van der Waals surface area contributed by atoms with Crippen LogP contribution >= 0.6 is 0 Å². The Kier molecular flexibility index (Phi) is 7.49. The van der Waals surface area contributed by atoms with E-state index in [0.29, 0.717) is 0 Å². The predicted octanol–water partition coefficient (Wildman–Crippen LogP) is -0.0642. The van der Waals surface area contributed by atoms with Crippen molar-refractivity contribution in [2.24, 2.45) is 0 Å². The lowest BCUT2D eigenvalue weighted by Gasteiger charge is -2.37. The second kappa shape index (κ2) is 11.6. The molecule has 0 radical (unpaired) electrons. The van der Waals surface area contributed by atoms with E-state index in [-0.39, 0.29) is 55.7 Å². The molecule has 6 aromatic rings. The Bertz CT molecular complexity index is 2890. The highest BCUT2D eigenvalue weighted by atomic mass is 16.5. The van der Waals surface area contributed by atoms with E-state index in [1.807, 2.05) is 0 Å². The number of hydrogen-bond acceptors (Lipinski definition) is 12. The quantitative estimate of drug-likeness (QED) is 0.106. The molecule has 1 fully saturated rings. The van der Waals surface area contributed by atoms with Gasteiger partial charge >= 0.3 is 0 Å². The normalized spacial score (nSPS) is 16.4. The Balaban J connectivity index is 1.52. The minimum atomic E-state index is -1.18. The second-order valence-corrected chi connectivity index (χ2v) is 12.4. The first kappa shape index (κ1) is 33.0. The molecule has 2 atom stereocenters. The van der Waals surface area contributed by atoms with Crippen molar-refractivity contribution < 1.29 is 34.4 Å². The van der Waals surface area contributed by atoms with Gasteiger partial charge in [0.05, 0.1) is 28.7 Å². The molecule has 15 heteroatoms. The predicted molar refractivity (Wildman–Crippen MR) is 186 cm³/mol. The third-order valence-electron chi connectivity index (χ3n) is 9.73. The summed E-state index contributed by atoms with van der Waals surface area (Å²) in [4.78, 5) is 109. The summed E-state index contributed by atoms with van der Waals surface area (Å²) in [5, 5.41) is 31.0. The minimum Gasteiger partial charge on any atom is -0.506 e. The number of aromatic nitrogens is 1. The zero-order valence-electron chi connectivity index (χ0n) is 27.2. The van der Waals surface area contributed by atoms with Crippen LogP contribution in [-0.4, -0.2) is 74.7 Å². The van der Waals surface area contributed by atoms with Crippen molar-refractivity contribution in [3.8, 4) is 17.2 Å². The number of ether oxygens (including phenoxy) is 1. The number of aliphatic hydroxyl groups excluding tert-OH is 1. The van der Waals surface area contributed by atoms with Crippen LogP contribution in [0.2, 0.25) is 0 Å². The lowest BCUT2D eigenvalue weighted by molar-refractivity contribution is -0.147. The number of carbonyl (C=O) groups is 3. The Morgan fingerprint density at radius 2 is 1.49 bits per heavy atom. The molecule has 0 spiro atoms. The summed E-state index contributed by atoms with van der Waals surface area (Å²) in [6.07, 6.45) is 0. The number of benzene rings is 5. The first-order valence-electron chi connectivity index (χ1n) is 15.6. The number of carbonyl (C=O) groups excluding carboxylic acids is 3. The summed E-state index contributed by atoms with van der Waals surface area (Å²) >= 11 is 0. The minimum absolute atomic E-state index is 0.0530. The van der Waals surface area contributed by atoms with Crippen LogP contribution in [0.15, 0.2) is 60.4 Å². The van der Waals surface area contributed by atoms with Crippen molar-refractivity contribution in [3.05, 3.63) is 93.3 Å². The average Bonchev–Trinajstić information content (AvgIpc) is 3.11. The van der Waals surface area contributed by atoms with Gasteiger partial charge in [0.15, 0.2) is 22.1 Å². The standard InChI is InChI=1S/C36H27N3O12/c1-13-9-18-26(36(50)38(13)11-22(43)39-10-19(21(42)12-40)37-35(49)14(39)2)32(47)24-16(29(18)44)7-8-17-25(24)33(48)27-28(34(17)51-3)31(46)23-15(30(27)45)5-4-6-20(23)41/h4-9,14,19,40,45-46H,10-12H2,1-3H3,(H,37,49). The van der Waals surface area contributed by atoms with E-state index in [9.17, 15) is 53.7 Å². The topological polar surface area (TPSA) is 227 Å². The Morgan fingerprint density at radius 3 is 2.18 bits per heavy atom. The van der Waals surface area contributed by atoms with Crippen LogP contribution in [0.1, 0.15) is 12.6 Å². The van der Waals surface area contributed by atoms with Gasteiger partial charge in [0.1, 0.15) is 42.5 Å². The summed E-state index contributed by atoms with van der Waals surface area (Å²) in [5.41, 5.74) is -4.34. The highest BCUT2D eigenvalue weighted by molar-refractivity contribution is 6.22. The number of rotatable bonds is 5. The summed E-state index contributed by atoms with van der Waals surface area (Å²) in [6.45, 7) is 1.01. The summed E-state index contributed by atoms with van der Waals surface area (Å²) < 4.78 is 6.51. The number of Topliss-reactive ketones (excluding diaryl/α,β-unsaturated/α-hetero) is 1. The molecule has 5 aromatic carbocycles. The molecule has 1 aromatic heterocycles. The van der Waals surface area contributed by atoms with Crippen molar-refractivity contribution in [2.45, 2.75) is 32.5 Å². The SMILES string of the molecule is COc1c2ccc3c(=O)c4cc(C)n(CC(=O)N5CC(C(=O)CO)NC(=O)C5C)c(=O)c4c(=O)c3c2c(=O)c2c(O)c3cccc(=O)c3c(O)c12. The highest BCUT2D eigenvalue weighted by Gasteiger charge is 2.37. The van der Waals surface area contributed by atoms with Crippen LogP contribution in [0.25, 0.3) is 53.9 Å². The fourth-order valence-corrected chi connectivity index (χ4v) is 7.14. The van der Waals surface area contributed by atoms with Crippen LogP contribution in [0.4, 0.5) is 0 Å². The van der Waals surface area contributed by atoms with Crippen LogP contribution in [0.5, 0.6) is 17.2 Å². The maximum atomic E-state index is 14.4. The number of phenolic OH excluding ortho intramolecular Hbond substituents is 2. The number of ketones is 1. The van der Waals surface area contributed by atoms with Gasteiger partial charge in [-0.25, -0.2) is 0 Å². The van der Waals surface area contributed by atoms with Gasteiger partial charge < -0.3 is 34.8 Å². The average molecular weight is 694 g/mol. The number of piperazine rings is 1. The number of methoxy groups -OCH3 is 1. The van der Waals surface area contributed by atoms with Crippen LogP contribution in [-0.2, 0) is 20.9 Å². The Hall–Kier alpha value is -6.48. The molecule has 7 rings (SSSR count). The number of hydrogen-bond donors (Lipinski definition) is 4. The number of fused-ring (bicyclic) bond motifs is 6. The monoisotopic (exact) mass is 693 g/mol. The fraction of sp³-hybridized carbons (Fsp3) is 0.222. The lowest BCUT2D eigenvalue weighted by Crippen LogP contribution is -2.63. The summed E-state index contributed by atoms with van der Waals surface area (Å²) in [5.74, 6) is -3.64. The van der Waals surface area contributed by atoms with Crippen molar-refractivity contribution in [1.82, 2.24) is 14.8 Å². The van der Waals surface area contributed by atoms with Crippen molar-refractivity contribution in [2.75, 3.05) is 20.3 Å². The molecule has 1 aliphatic rings. The molecule has 15 nitrogen and oxygen atoms in total. The molecule has 258 valence electrons. The van der Waals surface area contributed by atoms with Crippen molar-refractivity contribution >= 4 is 71.5 Å². The molecule has 1 aliphatic heterocycles. The molecule has 51 heavy (non-hydrogen) atoms. The summed E-state index contributed by atoms with van der Waals surface area (Å²) in [7, 11) is 1.21. The Labute approximate surface area is 283 Å². The van der Waals surface area contributed by atoms with E-state index in [1.54, 1.807) is 0 Å². The number of pyridine rings is 1. The van der Waals surface area contributed by atoms with Gasteiger partial charge in [-0.2, -0.15) is 0 Å². The van der Waals surface area contributed by atoms with Crippen molar-refractivity contribution in [1.29, 1.82) is 0 Å². The first-order chi connectivity index (χ1) is 24.2. The van der Waals surface area contributed by atoms with Crippen LogP contribution in [0, 0.1) is 6.92 Å². The molecule has 4 N–H and O–H groups in total. The molecule has 0 aliphatic carbocycles. The van der Waals surface area contributed by atoms with Gasteiger partial charge in [0.2, 0.25) is 17.2 Å². The van der Waals surface area contributed by atoms with Gasteiger partial charge in [0, 0.05) is 44.6 Å². The van der Waals surface area contributed by atoms with E-state index >= 15 is 0 Å². The highest BCUT2D eigenvalue weighted by Crippen LogP contribution is 2.46. The third kappa shape index (κ3) is 4.54. The maximum absolute atomic E-state index is 14.4. The maximum Gasteiger partial charge on any atom is 0.263 e. The number of aromatic hydroxyl groups is 2. The van der Waals surface area contributed by atoms with Gasteiger partial charge in [-0.3, -0.25) is 38.4 Å². The third-order valence-corrected chi connectivity index (χ3v) is 9.73. The van der Waals surface area contributed by atoms with Gasteiger partial charge in [-0.1, -0.05) is 12.1 Å². The number of aliphatic hydroxyl groups is 1. The number of phenols is 2. The smallest absolute Gasteiger partial charge is 0.263 e. The second-order valence-electron chi connectivity index (χ2n) is 12.4. The summed E-state index contributed by atoms with van der Waals surface area (Å²) in [6, 6.07) is 5.45. The zero-order chi connectivity index (χ0) is 36.8. The van der Waals surface area contributed by atoms with Gasteiger partial charge in [-0.05, 0) is 38.1 Å². The largest absolute Gasteiger partial charge is 0.506 e. The van der Waals surface area contributed by atoms with E-state index in [2.05, 4.69) is 5.32 Å². The lowest BCUT2D eigenvalue weighted by atomic mass is 9.92. The molecule has 2 heterocycles. The van der Waals surface area contributed by atoms with Gasteiger partial charge in [0.25, 0.3) is 5.56 Å². The molecular formula is C36H27N3O12. The molecular weight excluding hydrogens is 666 g/mol. The van der Waals surface area contributed by atoms with Crippen molar-refractivity contribution in [3.63, 3.8) is 0 Å². The fourth-order valence-electron chi connectivity index (χ4n) is 7.14. The number of aryl methyl sites for hydroxylation is 1. The molecule has 2 amide bonds. The van der Waals surface area contributed by atoms with E-state index in [0.717, 1.165) is 15.5 Å². The van der Waals surface area contributed by atoms with Crippen LogP contribution < -0.4 is 37.3 Å². The Morgan fingerprint density at radius 1 is 0.824 bits per heavy atom. The first-order valence-corrected chi connectivity index (χ1v) is 15.6. The van der Waals surface area contributed by atoms with Crippen LogP contribution in [0.3, 0.4) is 0 Å². The zero-order valence-corrected chi connectivity index (χ0v) is 27.2. The number of amides is 2. The number of nitrogens with one attached hydrogen (secondary N) is 1. The molecule has 0 saturated carbocycles. The molecule has 1 saturated heterocycles. The van der Waals surface area contributed by atoms with E-state index in [1.165, 1.54) is 51.3 Å². The van der Waals surface area contributed by atoms with Gasteiger partial charge in [-0.15, -0.1) is 0 Å². The molecule has 2 unspecified atom stereocenters. The van der Waals surface area contributed by atoms with E-state index < -0.39 is 97.8 Å².